The Morgan fingerprint density at radius 3 is 2.81 bits per heavy atom. The number of amides is 1. The molecule has 0 fully saturated rings. The third-order valence-electron chi connectivity index (χ3n) is 2.05. The second-order valence-corrected chi connectivity index (χ2v) is 3.35. The smallest absolute Gasteiger partial charge is 0.326 e. The third kappa shape index (κ3) is 3.45. The van der Waals surface area contributed by atoms with Crippen molar-refractivity contribution in [1.29, 1.82) is 0 Å². The maximum absolute atomic E-state index is 11.5. The molecular formula is C10H15NO5. The van der Waals surface area contributed by atoms with Crippen LogP contribution in [0.3, 0.4) is 0 Å². The molecule has 6 heteroatoms. The molecule has 0 aliphatic carbocycles. The summed E-state index contributed by atoms with van der Waals surface area (Å²) in [6.45, 7) is 2.54. The lowest BCUT2D eigenvalue weighted by atomic mass is 10.1. The lowest BCUT2D eigenvalue weighted by molar-refractivity contribution is -0.142. The molecule has 0 bridgehead atoms. The molecule has 1 aliphatic heterocycles. The monoisotopic (exact) mass is 229 g/mol. The van der Waals surface area contributed by atoms with Crippen LogP contribution in [0.2, 0.25) is 0 Å². The zero-order valence-corrected chi connectivity index (χ0v) is 9.06. The fourth-order valence-electron chi connectivity index (χ4n) is 1.26. The van der Waals surface area contributed by atoms with E-state index in [1.807, 2.05) is 6.92 Å². The van der Waals surface area contributed by atoms with Gasteiger partial charge in [0.05, 0.1) is 0 Å². The van der Waals surface area contributed by atoms with Crippen molar-refractivity contribution in [2.45, 2.75) is 25.8 Å². The van der Waals surface area contributed by atoms with Gasteiger partial charge in [0.2, 0.25) is 5.76 Å². The molecule has 0 aromatic heterocycles. The Morgan fingerprint density at radius 2 is 2.31 bits per heavy atom. The number of carbonyl (C=O) groups is 2. The van der Waals surface area contributed by atoms with Gasteiger partial charge in [0.1, 0.15) is 25.5 Å². The first-order chi connectivity index (χ1) is 7.65. The van der Waals surface area contributed by atoms with E-state index in [1.165, 1.54) is 6.26 Å². The maximum Gasteiger partial charge on any atom is 0.326 e. The van der Waals surface area contributed by atoms with Gasteiger partial charge in [-0.1, -0.05) is 13.3 Å². The van der Waals surface area contributed by atoms with Gasteiger partial charge >= 0.3 is 5.97 Å². The minimum Gasteiger partial charge on any atom is -0.494 e. The lowest BCUT2D eigenvalue weighted by Gasteiger charge is -2.17. The van der Waals surface area contributed by atoms with Gasteiger partial charge < -0.3 is 19.9 Å². The van der Waals surface area contributed by atoms with Crippen molar-refractivity contribution in [3.63, 3.8) is 0 Å². The number of hydrogen-bond donors (Lipinski definition) is 2. The highest BCUT2D eigenvalue weighted by Gasteiger charge is 2.22. The summed E-state index contributed by atoms with van der Waals surface area (Å²) in [6, 6.07) is -0.885. The average Bonchev–Trinajstić information content (AvgIpc) is 2.29. The van der Waals surface area contributed by atoms with Crippen LogP contribution in [0.25, 0.3) is 0 Å². The first kappa shape index (κ1) is 12.4. The summed E-state index contributed by atoms with van der Waals surface area (Å²) in [6.07, 6.45) is 2.26. The molecule has 6 nitrogen and oxygen atoms in total. The van der Waals surface area contributed by atoms with Crippen LogP contribution in [0.1, 0.15) is 19.8 Å². The first-order valence-corrected chi connectivity index (χ1v) is 5.13. The molecule has 2 N–H and O–H groups in total. The van der Waals surface area contributed by atoms with Crippen molar-refractivity contribution < 1.29 is 24.2 Å². The van der Waals surface area contributed by atoms with Gasteiger partial charge in [-0.2, -0.15) is 0 Å². The molecule has 0 spiro atoms. The van der Waals surface area contributed by atoms with Crippen LogP contribution >= 0.6 is 0 Å². The SMILES string of the molecule is CCC[C@H](NC(=O)C1=COCCO1)C(=O)O. The van der Waals surface area contributed by atoms with E-state index >= 15 is 0 Å². The molecule has 1 heterocycles. The summed E-state index contributed by atoms with van der Waals surface area (Å²) in [7, 11) is 0. The number of carboxylic acid groups (broad SMARTS) is 1. The number of aliphatic carboxylic acids is 1. The van der Waals surface area contributed by atoms with Gasteiger partial charge in [-0.3, -0.25) is 4.79 Å². The molecule has 1 aliphatic rings. The van der Waals surface area contributed by atoms with E-state index in [1.54, 1.807) is 0 Å². The van der Waals surface area contributed by atoms with Crippen molar-refractivity contribution in [3.05, 3.63) is 12.0 Å². The van der Waals surface area contributed by atoms with Crippen molar-refractivity contribution in [1.82, 2.24) is 5.32 Å². The predicted molar refractivity (Wildman–Crippen MR) is 54.5 cm³/mol. The fraction of sp³-hybridized carbons (Fsp3) is 0.600. The Balaban J connectivity index is 2.53. The Bertz CT molecular complexity index is 300. The topological polar surface area (TPSA) is 84.9 Å². The summed E-state index contributed by atoms with van der Waals surface area (Å²) >= 11 is 0. The quantitative estimate of drug-likeness (QED) is 0.705. The molecule has 90 valence electrons. The first-order valence-electron chi connectivity index (χ1n) is 5.13. The Morgan fingerprint density at radius 1 is 1.56 bits per heavy atom. The lowest BCUT2D eigenvalue weighted by Crippen LogP contribution is -2.42. The molecular weight excluding hydrogens is 214 g/mol. The molecule has 1 atom stereocenters. The Kier molecular flexibility index (Phi) is 4.63. The molecule has 0 saturated heterocycles. The van der Waals surface area contributed by atoms with Crippen LogP contribution < -0.4 is 5.32 Å². The number of nitrogens with one attached hydrogen (secondary N) is 1. The Labute approximate surface area is 93.2 Å². The zero-order valence-electron chi connectivity index (χ0n) is 9.06. The summed E-state index contributed by atoms with van der Waals surface area (Å²) in [4.78, 5) is 22.3. The van der Waals surface area contributed by atoms with E-state index < -0.39 is 17.9 Å². The normalized spacial score (nSPS) is 16.4. The fourth-order valence-corrected chi connectivity index (χ4v) is 1.26. The third-order valence-corrected chi connectivity index (χ3v) is 2.05. The molecule has 0 saturated carbocycles. The molecule has 0 unspecified atom stereocenters. The molecule has 1 amide bonds. The van der Waals surface area contributed by atoms with Crippen molar-refractivity contribution in [2.75, 3.05) is 13.2 Å². The number of carbonyl (C=O) groups excluding carboxylic acids is 1. The van der Waals surface area contributed by atoms with Gasteiger partial charge in [-0.25, -0.2) is 4.79 Å². The molecule has 0 radical (unpaired) electrons. The van der Waals surface area contributed by atoms with Crippen molar-refractivity contribution >= 4 is 11.9 Å². The number of ether oxygens (including phenoxy) is 2. The minimum absolute atomic E-state index is 0.0219. The van der Waals surface area contributed by atoms with Crippen LogP contribution in [-0.4, -0.2) is 36.2 Å². The summed E-state index contributed by atoms with van der Waals surface area (Å²) in [5.74, 6) is -1.58. The summed E-state index contributed by atoms with van der Waals surface area (Å²) in [5, 5.41) is 11.2. The van der Waals surface area contributed by atoms with Gasteiger partial charge in [0.15, 0.2) is 0 Å². The number of carboxylic acids is 1. The van der Waals surface area contributed by atoms with Crippen molar-refractivity contribution in [2.24, 2.45) is 0 Å². The van der Waals surface area contributed by atoms with Crippen molar-refractivity contribution in [3.8, 4) is 0 Å². The zero-order chi connectivity index (χ0) is 12.0. The number of hydrogen-bond acceptors (Lipinski definition) is 4. The number of rotatable bonds is 5. The standard InChI is InChI=1S/C10H15NO5/c1-2-3-7(10(13)14)11-9(12)8-6-15-4-5-16-8/h6-7H,2-5H2,1H3,(H,11,12)(H,13,14)/t7-/m0/s1. The van der Waals surface area contributed by atoms with E-state index in [0.29, 0.717) is 26.1 Å². The second kappa shape index (κ2) is 5.99. The second-order valence-electron chi connectivity index (χ2n) is 3.35. The van der Waals surface area contributed by atoms with Gasteiger partial charge in [0, 0.05) is 0 Å². The van der Waals surface area contributed by atoms with E-state index in [2.05, 4.69) is 5.32 Å². The van der Waals surface area contributed by atoms with Crippen LogP contribution in [0.15, 0.2) is 12.0 Å². The molecule has 0 aromatic rings. The van der Waals surface area contributed by atoms with Crippen LogP contribution in [0, 0.1) is 0 Å². The minimum atomic E-state index is -1.05. The van der Waals surface area contributed by atoms with Crippen LogP contribution in [0.5, 0.6) is 0 Å². The van der Waals surface area contributed by atoms with Gasteiger partial charge in [-0.15, -0.1) is 0 Å². The maximum atomic E-state index is 11.5. The van der Waals surface area contributed by atoms with E-state index in [4.69, 9.17) is 14.6 Å². The average molecular weight is 229 g/mol. The molecule has 1 rings (SSSR count). The highest BCUT2D eigenvalue weighted by atomic mass is 16.6. The van der Waals surface area contributed by atoms with E-state index in [9.17, 15) is 9.59 Å². The van der Waals surface area contributed by atoms with Crippen LogP contribution in [0.4, 0.5) is 0 Å². The van der Waals surface area contributed by atoms with Crippen LogP contribution in [-0.2, 0) is 19.1 Å². The van der Waals surface area contributed by atoms with Gasteiger partial charge in [0.25, 0.3) is 5.91 Å². The van der Waals surface area contributed by atoms with E-state index in [0.717, 1.165) is 0 Å². The highest BCUT2D eigenvalue weighted by Crippen LogP contribution is 2.06. The molecule has 16 heavy (non-hydrogen) atoms. The largest absolute Gasteiger partial charge is 0.494 e. The molecule has 0 aromatic carbocycles. The summed E-state index contributed by atoms with van der Waals surface area (Å²) in [5.41, 5.74) is 0. The highest BCUT2D eigenvalue weighted by molar-refractivity contribution is 5.94. The van der Waals surface area contributed by atoms with E-state index in [-0.39, 0.29) is 5.76 Å². The van der Waals surface area contributed by atoms with Gasteiger partial charge in [-0.05, 0) is 6.42 Å². The summed E-state index contributed by atoms with van der Waals surface area (Å²) < 4.78 is 9.94. The predicted octanol–water partition coefficient (Wildman–Crippen LogP) is 0.244. The Hall–Kier alpha value is -1.72.